The maximum atomic E-state index is 12.0. The standard InChI is InChI=1S/C16H18N2O3/c1-18(2)15(19)10-17-16(20)13-5-4-12-9-14(21-3)7-6-11(12)8-13/h4-9H,10H2,1-3H3,(H,17,20). The van der Waals surface area contributed by atoms with Crippen LogP contribution in [0.2, 0.25) is 0 Å². The van der Waals surface area contributed by atoms with Crippen LogP contribution in [0.5, 0.6) is 5.75 Å². The highest BCUT2D eigenvalue weighted by Crippen LogP contribution is 2.21. The lowest BCUT2D eigenvalue weighted by atomic mass is 10.1. The van der Waals surface area contributed by atoms with Gasteiger partial charge in [0, 0.05) is 19.7 Å². The van der Waals surface area contributed by atoms with Gasteiger partial charge in [-0.25, -0.2) is 0 Å². The number of hydrogen-bond acceptors (Lipinski definition) is 3. The largest absolute Gasteiger partial charge is 0.497 e. The fourth-order valence-electron chi connectivity index (χ4n) is 1.91. The van der Waals surface area contributed by atoms with Crippen LogP contribution in [0, 0.1) is 0 Å². The van der Waals surface area contributed by atoms with Gasteiger partial charge in [0.1, 0.15) is 5.75 Å². The second-order valence-corrected chi connectivity index (χ2v) is 4.90. The molecule has 0 fully saturated rings. The van der Waals surface area contributed by atoms with Crippen LogP contribution < -0.4 is 10.1 Å². The molecule has 0 aliphatic rings. The molecule has 0 atom stereocenters. The Hall–Kier alpha value is -2.56. The average molecular weight is 286 g/mol. The van der Waals surface area contributed by atoms with Crippen molar-refractivity contribution in [3.63, 3.8) is 0 Å². The highest BCUT2D eigenvalue weighted by atomic mass is 16.5. The molecule has 0 radical (unpaired) electrons. The van der Waals surface area contributed by atoms with Gasteiger partial charge in [0.05, 0.1) is 13.7 Å². The van der Waals surface area contributed by atoms with Crippen LogP contribution in [0.25, 0.3) is 10.8 Å². The summed E-state index contributed by atoms with van der Waals surface area (Å²) in [6, 6.07) is 11.0. The summed E-state index contributed by atoms with van der Waals surface area (Å²) in [6.45, 7) is -0.00746. The Kier molecular flexibility index (Phi) is 4.42. The Morgan fingerprint density at radius 3 is 2.43 bits per heavy atom. The number of carbonyl (C=O) groups excluding carboxylic acids is 2. The van der Waals surface area contributed by atoms with Crippen LogP contribution in [-0.4, -0.2) is 44.5 Å². The molecule has 0 aliphatic carbocycles. The lowest BCUT2D eigenvalue weighted by Gasteiger charge is -2.11. The number of hydrogen-bond donors (Lipinski definition) is 1. The number of carbonyl (C=O) groups is 2. The third-order valence-corrected chi connectivity index (χ3v) is 3.21. The molecule has 2 aromatic carbocycles. The normalized spacial score (nSPS) is 10.2. The van der Waals surface area contributed by atoms with Gasteiger partial charge < -0.3 is 15.0 Å². The van der Waals surface area contributed by atoms with E-state index in [1.54, 1.807) is 33.3 Å². The lowest BCUT2D eigenvalue weighted by molar-refractivity contribution is -0.127. The van der Waals surface area contributed by atoms with Gasteiger partial charge in [-0.1, -0.05) is 12.1 Å². The molecule has 5 nitrogen and oxygen atoms in total. The fourth-order valence-corrected chi connectivity index (χ4v) is 1.91. The number of methoxy groups -OCH3 is 1. The predicted octanol–water partition coefficient (Wildman–Crippen LogP) is 1.67. The third-order valence-electron chi connectivity index (χ3n) is 3.21. The fraction of sp³-hybridized carbons (Fsp3) is 0.250. The maximum absolute atomic E-state index is 12.0. The van der Waals surface area contributed by atoms with Crippen LogP contribution in [0.3, 0.4) is 0 Å². The van der Waals surface area contributed by atoms with Crippen molar-refractivity contribution in [1.29, 1.82) is 0 Å². The zero-order valence-electron chi connectivity index (χ0n) is 12.3. The summed E-state index contributed by atoms with van der Waals surface area (Å²) in [5.41, 5.74) is 0.527. The van der Waals surface area contributed by atoms with Crippen molar-refractivity contribution in [1.82, 2.24) is 10.2 Å². The van der Waals surface area contributed by atoms with Gasteiger partial charge in [-0.3, -0.25) is 9.59 Å². The molecule has 5 heteroatoms. The van der Waals surface area contributed by atoms with Gasteiger partial charge >= 0.3 is 0 Å². The highest BCUT2D eigenvalue weighted by molar-refractivity contribution is 6.00. The van der Waals surface area contributed by atoms with E-state index in [-0.39, 0.29) is 18.4 Å². The summed E-state index contributed by atoms with van der Waals surface area (Å²) < 4.78 is 5.17. The summed E-state index contributed by atoms with van der Waals surface area (Å²) in [7, 11) is 4.92. The number of nitrogens with zero attached hydrogens (tertiary/aromatic N) is 1. The smallest absolute Gasteiger partial charge is 0.251 e. The van der Waals surface area contributed by atoms with Crippen molar-refractivity contribution in [3.8, 4) is 5.75 Å². The van der Waals surface area contributed by atoms with Gasteiger partial charge in [-0.15, -0.1) is 0 Å². The number of benzene rings is 2. The van der Waals surface area contributed by atoms with Crippen molar-refractivity contribution in [2.45, 2.75) is 0 Å². The van der Waals surface area contributed by atoms with Crippen molar-refractivity contribution < 1.29 is 14.3 Å². The van der Waals surface area contributed by atoms with Crippen LogP contribution >= 0.6 is 0 Å². The zero-order valence-corrected chi connectivity index (χ0v) is 12.3. The second kappa shape index (κ2) is 6.26. The minimum absolute atomic E-state index is 0.00746. The molecule has 21 heavy (non-hydrogen) atoms. The van der Waals surface area contributed by atoms with Crippen LogP contribution in [0.1, 0.15) is 10.4 Å². The molecular weight excluding hydrogens is 268 g/mol. The van der Waals surface area contributed by atoms with Crippen LogP contribution in [0.15, 0.2) is 36.4 Å². The van der Waals surface area contributed by atoms with Gasteiger partial charge in [0.15, 0.2) is 0 Å². The van der Waals surface area contributed by atoms with Crippen molar-refractivity contribution >= 4 is 22.6 Å². The van der Waals surface area contributed by atoms with Gasteiger partial charge in [-0.05, 0) is 35.0 Å². The molecule has 0 saturated carbocycles. The minimum Gasteiger partial charge on any atom is -0.497 e. The second-order valence-electron chi connectivity index (χ2n) is 4.90. The number of rotatable bonds is 4. The van der Waals surface area contributed by atoms with E-state index in [9.17, 15) is 9.59 Å². The summed E-state index contributed by atoms with van der Waals surface area (Å²) in [5.74, 6) is 0.369. The van der Waals surface area contributed by atoms with E-state index in [0.29, 0.717) is 5.56 Å². The summed E-state index contributed by atoms with van der Waals surface area (Å²) in [6.07, 6.45) is 0. The Morgan fingerprint density at radius 1 is 1.10 bits per heavy atom. The summed E-state index contributed by atoms with van der Waals surface area (Å²) >= 11 is 0. The third kappa shape index (κ3) is 3.51. The Balaban J connectivity index is 2.15. The molecule has 0 aromatic heterocycles. The number of fused-ring (bicyclic) bond motifs is 1. The van der Waals surface area contributed by atoms with E-state index < -0.39 is 0 Å². The van der Waals surface area contributed by atoms with Crippen LogP contribution in [0.4, 0.5) is 0 Å². The first kappa shape index (κ1) is 14.8. The first-order valence-electron chi connectivity index (χ1n) is 6.57. The minimum atomic E-state index is -0.261. The molecule has 0 unspecified atom stereocenters. The number of likely N-dealkylation sites (N-methyl/N-ethyl adjacent to an activating group) is 1. The Labute approximate surface area is 123 Å². The summed E-state index contributed by atoms with van der Waals surface area (Å²) in [5, 5.41) is 4.55. The number of nitrogens with one attached hydrogen (secondary N) is 1. The van der Waals surface area contributed by atoms with E-state index in [1.165, 1.54) is 4.90 Å². The molecule has 110 valence electrons. The van der Waals surface area contributed by atoms with E-state index in [0.717, 1.165) is 16.5 Å². The first-order valence-corrected chi connectivity index (χ1v) is 6.57. The van der Waals surface area contributed by atoms with E-state index in [2.05, 4.69) is 5.32 Å². The molecule has 0 spiro atoms. The zero-order chi connectivity index (χ0) is 15.4. The van der Waals surface area contributed by atoms with Crippen molar-refractivity contribution in [2.75, 3.05) is 27.7 Å². The topological polar surface area (TPSA) is 58.6 Å². The predicted molar refractivity (Wildman–Crippen MR) is 81.5 cm³/mol. The van der Waals surface area contributed by atoms with Gasteiger partial charge in [0.2, 0.25) is 5.91 Å². The van der Waals surface area contributed by atoms with Crippen molar-refractivity contribution in [2.24, 2.45) is 0 Å². The van der Waals surface area contributed by atoms with Crippen LogP contribution in [-0.2, 0) is 4.79 Å². The molecule has 0 saturated heterocycles. The SMILES string of the molecule is COc1ccc2cc(C(=O)NCC(=O)N(C)C)ccc2c1. The highest BCUT2D eigenvalue weighted by Gasteiger charge is 2.10. The molecule has 0 aliphatic heterocycles. The number of amides is 2. The Bertz CT molecular complexity index is 680. The monoisotopic (exact) mass is 286 g/mol. The first-order chi connectivity index (χ1) is 10.0. The Morgan fingerprint density at radius 2 is 1.76 bits per heavy atom. The molecule has 1 N–H and O–H groups in total. The molecule has 0 bridgehead atoms. The average Bonchev–Trinajstić information content (AvgIpc) is 2.50. The maximum Gasteiger partial charge on any atom is 0.251 e. The van der Waals surface area contributed by atoms with E-state index in [4.69, 9.17) is 4.74 Å². The molecule has 2 amide bonds. The van der Waals surface area contributed by atoms with Gasteiger partial charge in [0.25, 0.3) is 5.91 Å². The van der Waals surface area contributed by atoms with E-state index >= 15 is 0 Å². The quantitative estimate of drug-likeness (QED) is 0.930. The molecule has 2 aromatic rings. The van der Waals surface area contributed by atoms with E-state index in [1.807, 2.05) is 24.3 Å². The molecular formula is C16H18N2O3. The molecule has 2 rings (SSSR count). The summed E-state index contributed by atoms with van der Waals surface area (Å²) in [4.78, 5) is 24.9. The lowest BCUT2D eigenvalue weighted by Crippen LogP contribution is -2.36. The van der Waals surface area contributed by atoms with Gasteiger partial charge in [-0.2, -0.15) is 0 Å². The number of ether oxygens (including phenoxy) is 1. The van der Waals surface area contributed by atoms with Crippen molar-refractivity contribution in [3.05, 3.63) is 42.0 Å². The molecule has 0 heterocycles.